The van der Waals surface area contributed by atoms with Gasteiger partial charge in [-0.15, -0.1) is 0 Å². The van der Waals surface area contributed by atoms with Gasteiger partial charge in [0.1, 0.15) is 6.10 Å². The number of hydrogen-bond donors (Lipinski definition) is 5. The lowest BCUT2D eigenvalue weighted by molar-refractivity contribution is 0.0959. The molecule has 0 aliphatic carbocycles. The number of nitrogens with one attached hydrogen (secondary N) is 1. The van der Waals surface area contributed by atoms with E-state index in [-0.39, 0.29) is 12.6 Å². The lowest BCUT2D eigenvalue weighted by Crippen LogP contribution is -2.36. The van der Waals surface area contributed by atoms with Crippen molar-refractivity contribution in [3.8, 4) is 0 Å². The number of aliphatic hydroxyl groups excluding tert-OH is 3. The van der Waals surface area contributed by atoms with Gasteiger partial charge in [0.25, 0.3) is 0 Å². The van der Waals surface area contributed by atoms with Crippen molar-refractivity contribution in [2.75, 3.05) is 37.4 Å². The standard InChI is InChI=1S/C13H21N3O3/c1-15-10-5-16(6-12(10)18)11-3-2-8(14)4-9(11)13(19)7-17/h2-4,10,12-13,15,17-19H,5-7,14H2,1H3. The molecule has 1 aliphatic rings. The van der Waals surface area contributed by atoms with E-state index in [1.54, 1.807) is 12.1 Å². The Kier molecular flexibility index (Phi) is 4.26. The monoisotopic (exact) mass is 267 g/mol. The highest BCUT2D eigenvalue weighted by Crippen LogP contribution is 2.31. The van der Waals surface area contributed by atoms with E-state index >= 15 is 0 Å². The molecule has 3 unspecified atom stereocenters. The number of aliphatic hydroxyl groups is 3. The summed E-state index contributed by atoms with van der Waals surface area (Å²) in [5.41, 5.74) is 7.65. The molecule has 106 valence electrons. The van der Waals surface area contributed by atoms with Gasteiger partial charge in [-0.25, -0.2) is 0 Å². The van der Waals surface area contributed by atoms with Crippen LogP contribution in [0.3, 0.4) is 0 Å². The highest BCUT2D eigenvalue weighted by Gasteiger charge is 2.31. The minimum atomic E-state index is -0.968. The van der Waals surface area contributed by atoms with E-state index in [0.717, 1.165) is 5.69 Å². The predicted molar refractivity (Wildman–Crippen MR) is 74.0 cm³/mol. The Balaban J connectivity index is 2.30. The quantitative estimate of drug-likeness (QED) is 0.451. The Bertz CT molecular complexity index is 441. The fourth-order valence-electron chi connectivity index (χ4n) is 2.49. The van der Waals surface area contributed by atoms with Crippen molar-refractivity contribution in [3.05, 3.63) is 23.8 Å². The third-order valence-electron chi connectivity index (χ3n) is 3.58. The lowest BCUT2D eigenvalue weighted by atomic mass is 10.1. The number of hydrogen-bond acceptors (Lipinski definition) is 6. The van der Waals surface area contributed by atoms with Crippen LogP contribution in [-0.4, -0.2) is 54.2 Å². The van der Waals surface area contributed by atoms with Crippen molar-refractivity contribution >= 4 is 11.4 Å². The molecule has 0 radical (unpaired) electrons. The maximum absolute atomic E-state index is 9.92. The van der Waals surface area contributed by atoms with Crippen molar-refractivity contribution in [3.63, 3.8) is 0 Å². The topological polar surface area (TPSA) is 102 Å². The molecular formula is C13H21N3O3. The highest BCUT2D eigenvalue weighted by molar-refractivity contribution is 5.61. The number of nitrogen functional groups attached to an aromatic ring is 1. The molecule has 1 aromatic carbocycles. The summed E-state index contributed by atoms with van der Waals surface area (Å²) < 4.78 is 0. The summed E-state index contributed by atoms with van der Waals surface area (Å²) >= 11 is 0. The molecule has 1 heterocycles. The van der Waals surface area contributed by atoms with E-state index in [2.05, 4.69) is 5.32 Å². The van der Waals surface area contributed by atoms with Gasteiger partial charge in [0.2, 0.25) is 0 Å². The molecule has 0 spiro atoms. The van der Waals surface area contributed by atoms with E-state index in [0.29, 0.717) is 24.3 Å². The van der Waals surface area contributed by atoms with Gasteiger partial charge in [0.05, 0.1) is 18.8 Å². The smallest absolute Gasteiger partial charge is 0.104 e. The molecule has 0 aromatic heterocycles. The van der Waals surface area contributed by atoms with Crippen LogP contribution in [0.5, 0.6) is 0 Å². The van der Waals surface area contributed by atoms with Crippen LogP contribution >= 0.6 is 0 Å². The third-order valence-corrected chi connectivity index (χ3v) is 3.58. The first-order chi connectivity index (χ1) is 9.06. The molecule has 1 saturated heterocycles. The second kappa shape index (κ2) is 5.75. The van der Waals surface area contributed by atoms with Gasteiger partial charge in [-0.1, -0.05) is 0 Å². The van der Waals surface area contributed by atoms with E-state index in [1.165, 1.54) is 0 Å². The second-order valence-corrected chi connectivity index (χ2v) is 4.88. The number of anilines is 2. The Labute approximate surface area is 112 Å². The highest BCUT2D eigenvalue weighted by atomic mass is 16.3. The molecule has 2 rings (SSSR count). The average molecular weight is 267 g/mol. The maximum Gasteiger partial charge on any atom is 0.104 e. The molecule has 0 bridgehead atoms. The fraction of sp³-hybridized carbons (Fsp3) is 0.538. The summed E-state index contributed by atoms with van der Waals surface area (Å²) in [7, 11) is 1.81. The predicted octanol–water partition coefficient (Wildman–Crippen LogP) is -0.937. The zero-order chi connectivity index (χ0) is 14.0. The zero-order valence-corrected chi connectivity index (χ0v) is 11.0. The van der Waals surface area contributed by atoms with Crippen LogP contribution in [0.4, 0.5) is 11.4 Å². The molecule has 0 amide bonds. The van der Waals surface area contributed by atoms with Gasteiger partial charge in [-0.3, -0.25) is 0 Å². The van der Waals surface area contributed by atoms with E-state index < -0.39 is 12.2 Å². The van der Waals surface area contributed by atoms with Crippen molar-refractivity contribution in [1.29, 1.82) is 0 Å². The van der Waals surface area contributed by atoms with Crippen LogP contribution in [0.15, 0.2) is 18.2 Å². The summed E-state index contributed by atoms with van der Waals surface area (Å²) in [6.07, 6.45) is -1.43. The van der Waals surface area contributed by atoms with Gasteiger partial charge in [-0.05, 0) is 25.2 Å². The van der Waals surface area contributed by atoms with E-state index in [4.69, 9.17) is 10.8 Å². The fourth-order valence-corrected chi connectivity index (χ4v) is 2.49. The molecule has 19 heavy (non-hydrogen) atoms. The Hall–Kier alpha value is -1.34. The Morgan fingerprint density at radius 1 is 1.47 bits per heavy atom. The first kappa shape index (κ1) is 14.1. The molecule has 1 aliphatic heterocycles. The molecular weight excluding hydrogens is 246 g/mol. The SMILES string of the molecule is CNC1CN(c2ccc(N)cc2C(O)CO)CC1O. The molecule has 1 fully saturated rings. The number of nitrogens with two attached hydrogens (primary N) is 1. The summed E-state index contributed by atoms with van der Waals surface area (Å²) in [6, 6.07) is 5.22. The minimum Gasteiger partial charge on any atom is -0.399 e. The summed E-state index contributed by atoms with van der Waals surface area (Å²) in [5, 5.41) is 32.0. The summed E-state index contributed by atoms with van der Waals surface area (Å²) in [4.78, 5) is 1.99. The molecule has 1 aromatic rings. The van der Waals surface area contributed by atoms with Crippen LogP contribution in [0.2, 0.25) is 0 Å². The first-order valence-corrected chi connectivity index (χ1v) is 6.35. The number of likely N-dealkylation sites (N-methyl/N-ethyl adjacent to an activating group) is 1. The van der Waals surface area contributed by atoms with Crippen LogP contribution in [0.1, 0.15) is 11.7 Å². The third kappa shape index (κ3) is 2.82. The van der Waals surface area contributed by atoms with Crippen molar-refractivity contribution in [2.45, 2.75) is 18.2 Å². The van der Waals surface area contributed by atoms with Crippen molar-refractivity contribution in [2.24, 2.45) is 0 Å². The van der Waals surface area contributed by atoms with Crippen LogP contribution in [0.25, 0.3) is 0 Å². The normalized spacial score (nSPS) is 24.7. The molecule has 6 N–H and O–H groups in total. The molecule has 6 nitrogen and oxygen atoms in total. The number of nitrogens with zero attached hydrogens (tertiary/aromatic N) is 1. The lowest BCUT2D eigenvalue weighted by Gasteiger charge is -2.24. The van der Waals surface area contributed by atoms with Crippen molar-refractivity contribution in [1.82, 2.24) is 5.32 Å². The van der Waals surface area contributed by atoms with Gasteiger partial charge < -0.3 is 31.3 Å². The van der Waals surface area contributed by atoms with Gasteiger partial charge >= 0.3 is 0 Å². The maximum atomic E-state index is 9.92. The summed E-state index contributed by atoms with van der Waals surface area (Å²) in [5.74, 6) is 0. The summed E-state index contributed by atoms with van der Waals surface area (Å²) in [6.45, 7) is 0.773. The van der Waals surface area contributed by atoms with Gasteiger partial charge in [-0.2, -0.15) is 0 Å². The first-order valence-electron chi connectivity index (χ1n) is 6.35. The average Bonchev–Trinajstić information content (AvgIpc) is 2.78. The van der Waals surface area contributed by atoms with Crippen molar-refractivity contribution < 1.29 is 15.3 Å². The molecule has 6 heteroatoms. The van der Waals surface area contributed by atoms with E-state index in [1.807, 2.05) is 18.0 Å². The minimum absolute atomic E-state index is 0.00308. The number of benzene rings is 1. The van der Waals surface area contributed by atoms with Gasteiger partial charge in [0.15, 0.2) is 0 Å². The number of rotatable bonds is 4. The molecule has 0 saturated carbocycles. The van der Waals surface area contributed by atoms with Crippen LogP contribution in [0, 0.1) is 0 Å². The largest absolute Gasteiger partial charge is 0.399 e. The Morgan fingerprint density at radius 3 is 2.79 bits per heavy atom. The van der Waals surface area contributed by atoms with E-state index in [9.17, 15) is 10.2 Å². The Morgan fingerprint density at radius 2 is 2.21 bits per heavy atom. The second-order valence-electron chi connectivity index (χ2n) is 4.88. The number of β-amino-alcohol motifs (C(OH)–C–C–N with tert-alkyl or cyclic N) is 1. The van der Waals surface area contributed by atoms with Crippen LogP contribution in [-0.2, 0) is 0 Å². The zero-order valence-electron chi connectivity index (χ0n) is 11.0. The molecule has 3 atom stereocenters. The van der Waals surface area contributed by atoms with Crippen LogP contribution < -0.4 is 16.0 Å². The van der Waals surface area contributed by atoms with Gasteiger partial charge in [0, 0.05) is 30.0 Å².